The molecule has 2 N–H and O–H groups in total. The van der Waals surface area contributed by atoms with Crippen molar-refractivity contribution in [3.05, 3.63) is 36.2 Å². The Hall–Kier alpha value is -2.28. The van der Waals surface area contributed by atoms with Crippen LogP contribution >= 0.6 is 0 Å². The minimum atomic E-state index is -0.128. The van der Waals surface area contributed by atoms with Crippen molar-refractivity contribution in [2.24, 2.45) is 5.41 Å². The lowest BCUT2D eigenvalue weighted by Crippen LogP contribution is -2.26. The highest BCUT2D eigenvalue weighted by molar-refractivity contribution is 5.94. The zero-order valence-electron chi connectivity index (χ0n) is 12.9. The fraction of sp³-hybridized carbons (Fsp3) is 0.467. The number of amides is 1. The van der Waals surface area contributed by atoms with Gasteiger partial charge >= 0.3 is 0 Å². The van der Waals surface area contributed by atoms with E-state index >= 15 is 0 Å². The Morgan fingerprint density at radius 2 is 2.23 bits per heavy atom. The molecule has 0 fully saturated rings. The van der Waals surface area contributed by atoms with Gasteiger partial charge in [-0.15, -0.1) is 5.10 Å². The Kier molecular flexibility index (Phi) is 5.21. The predicted molar refractivity (Wildman–Crippen MR) is 81.6 cm³/mol. The van der Waals surface area contributed by atoms with Crippen molar-refractivity contribution in [1.29, 1.82) is 0 Å². The molecule has 0 unspecified atom stereocenters. The van der Waals surface area contributed by atoms with E-state index in [0.717, 1.165) is 18.5 Å². The second-order valence-corrected chi connectivity index (χ2v) is 5.99. The third-order valence-corrected chi connectivity index (χ3v) is 3.47. The number of nitrogens with zero attached hydrogens (tertiary/aromatic N) is 4. The molecule has 0 atom stereocenters. The summed E-state index contributed by atoms with van der Waals surface area (Å²) in [7, 11) is 0. The van der Waals surface area contributed by atoms with Crippen LogP contribution in [0.25, 0.3) is 5.69 Å². The van der Waals surface area contributed by atoms with Crippen LogP contribution in [0.4, 0.5) is 0 Å². The number of nitrogens with one attached hydrogen (secondary N) is 1. The first-order valence-corrected chi connectivity index (χ1v) is 7.24. The first-order valence-electron chi connectivity index (χ1n) is 7.24. The second kappa shape index (κ2) is 7.13. The molecule has 1 heterocycles. The van der Waals surface area contributed by atoms with E-state index in [1.165, 1.54) is 11.0 Å². The van der Waals surface area contributed by atoms with Crippen LogP contribution in [0.3, 0.4) is 0 Å². The summed E-state index contributed by atoms with van der Waals surface area (Å²) in [5.74, 6) is -0.128. The average molecular weight is 303 g/mol. The first kappa shape index (κ1) is 16.1. The van der Waals surface area contributed by atoms with Crippen molar-refractivity contribution in [2.45, 2.75) is 26.7 Å². The Morgan fingerprint density at radius 3 is 2.91 bits per heavy atom. The SMILES string of the molecule is CC(C)(CO)CCCNC(=O)c1cccc(-n2cnnn2)c1. The summed E-state index contributed by atoms with van der Waals surface area (Å²) in [5, 5.41) is 23.0. The van der Waals surface area contributed by atoms with Gasteiger partial charge in [0.1, 0.15) is 6.33 Å². The van der Waals surface area contributed by atoms with Crippen molar-refractivity contribution in [3.63, 3.8) is 0 Å². The van der Waals surface area contributed by atoms with Gasteiger partial charge in [-0.2, -0.15) is 0 Å². The number of aliphatic hydroxyl groups excluding tert-OH is 1. The van der Waals surface area contributed by atoms with Crippen molar-refractivity contribution in [3.8, 4) is 5.69 Å². The van der Waals surface area contributed by atoms with Gasteiger partial charge in [0.05, 0.1) is 5.69 Å². The third kappa shape index (κ3) is 4.36. The molecule has 0 radical (unpaired) electrons. The van der Waals surface area contributed by atoms with E-state index in [2.05, 4.69) is 20.8 Å². The van der Waals surface area contributed by atoms with E-state index < -0.39 is 0 Å². The Bertz CT molecular complexity index is 610. The predicted octanol–water partition coefficient (Wildman–Crippen LogP) is 1.19. The number of aromatic nitrogens is 4. The van der Waals surface area contributed by atoms with Gasteiger partial charge in [-0.1, -0.05) is 19.9 Å². The van der Waals surface area contributed by atoms with E-state index in [-0.39, 0.29) is 17.9 Å². The largest absolute Gasteiger partial charge is 0.396 e. The Balaban J connectivity index is 1.89. The summed E-state index contributed by atoms with van der Waals surface area (Å²) in [4.78, 5) is 12.1. The number of hydrogen-bond acceptors (Lipinski definition) is 5. The lowest BCUT2D eigenvalue weighted by molar-refractivity contribution is 0.0948. The highest BCUT2D eigenvalue weighted by atomic mass is 16.3. The summed E-state index contributed by atoms with van der Waals surface area (Å²) in [6, 6.07) is 7.11. The monoisotopic (exact) mass is 303 g/mol. The molecule has 22 heavy (non-hydrogen) atoms. The molecule has 1 aromatic carbocycles. The highest BCUT2D eigenvalue weighted by Gasteiger charge is 2.15. The van der Waals surface area contributed by atoms with Crippen LogP contribution in [-0.2, 0) is 0 Å². The van der Waals surface area contributed by atoms with Crippen molar-refractivity contribution >= 4 is 5.91 Å². The van der Waals surface area contributed by atoms with Gasteiger partial charge in [-0.25, -0.2) is 4.68 Å². The Labute approximate surface area is 129 Å². The topological polar surface area (TPSA) is 92.9 Å². The lowest BCUT2D eigenvalue weighted by atomic mass is 9.89. The molecular formula is C15H21N5O2. The van der Waals surface area contributed by atoms with Gasteiger partial charge in [0, 0.05) is 18.7 Å². The van der Waals surface area contributed by atoms with Crippen molar-refractivity contribution in [2.75, 3.05) is 13.2 Å². The summed E-state index contributed by atoms with van der Waals surface area (Å²) in [6.07, 6.45) is 3.16. The molecule has 1 amide bonds. The molecule has 1 aromatic heterocycles. The molecule has 0 bridgehead atoms. The summed E-state index contributed by atoms with van der Waals surface area (Å²) in [6.45, 7) is 4.74. The van der Waals surface area contributed by atoms with Crippen LogP contribution < -0.4 is 5.32 Å². The number of carbonyl (C=O) groups is 1. The van der Waals surface area contributed by atoms with Gasteiger partial charge in [0.25, 0.3) is 5.91 Å². The molecule has 0 aliphatic carbocycles. The molecule has 7 nitrogen and oxygen atoms in total. The number of aliphatic hydroxyl groups is 1. The normalized spacial score (nSPS) is 11.4. The van der Waals surface area contributed by atoms with Crippen molar-refractivity contribution < 1.29 is 9.90 Å². The molecular weight excluding hydrogens is 282 g/mol. The molecule has 2 rings (SSSR count). The summed E-state index contributed by atoms with van der Waals surface area (Å²) in [5.41, 5.74) is 1.19. The molecule has 0 aliphatic heterocycles. The van der Waals surface area contributed by atoms with Crippen LogP contribution in [-0.4, -0.2) is 44.4 Å². The van der Waals surface area contributed by atoms with E-state index in [4.69, 9.17) is 0 Å². The van der Waals surface area contributed by atoms with Gasteiger partial charge in [-0.05, 0) is 46.9 Å². The third-order valence-electron chi connectivity index (χ3n) is 3.47. The maximum absolute atomic E-state index is 12.1. The molecule has 0 aliphatic rings. The standard InChI is InChI=1S/C15H21N5O2/c1-15(2,10-21)7-4-8-16-14(22)12-5-3-6-13(9-12)20-11-17-18-19-20/h3,5-6,9,11,21H,4,7-8,10H2,1-2H3,(H,16,22). The zero-order chi connectivity index (χ0) is 16.0. The van der Waals surface area contributed by atoms with E-state index in [1.807, 2.05) is 19.9 Å². The minimum Gasteiger partial charge on any atom is -0.396 e. The molecule has 2 aromatic rings. The number of rotatable bonds is 7. The minimum absolute atomic E-state index is 0.106. The quantitative estimate of drug-likeness (QED) is 0.750. The van der Waals surface area contributed by atoms with Gasteiger partial charge in [0.15, 0.2) is 0 Å². The molecule has 7 heteroatoms. The van der Waals surface area contributed by atoms with Crippen molar-refractivity contribution in [1.82, 2.24) is 25.5 Å². The molecule has 118 valence electrons. The number of carbonyl (C=O) groups excluding carboxylic acids is 1. The maximum atomic E-state index is 12.1. The van der Waals surface area contributed by atoms with Crippen LogP contribution in [0.15, 0.2) is 30.6 Å². The second-order valence-electron chi connectivity index (χ2n) is 5.99. The molecule has 0 spiro atoms. The van der Waals surface area contributed by atoms with Gasteiger partial charge in [0.2, 0.25) is 0 Å². The number of hydrogen-bond donors (Lipinski definition) is 2. The van der Waals surface area contributed by atoms with Crippen LogP contribution in [0, 0.1) is 5.41 Å². The van der Waals surface area contributed by atoms with Crippen LogP contribution in [0.5, 0.6) is 0 Å². The highest BCUT2D eigenvalue weighted by Crippen LogP contribution is 2.20. The van der Waals surface area contributed by atoms with E-state index in [0.29, 0.717) is 12.1 Å². The Morgan fingerprint density at radius 1 is 1.41 bits per heavy atom. The fourth-order valence-corrected chi connectivity index (χ4v) is 2.02. The lowest BCUT2D eigenvalue weighted by Gasteiger charge is -2.21. The summed E-state index contributed by atoms with van der Waals surface area (Å²) >= 11 is 0. The van der Waals surface area contributed by atoms with Crippen LogP contribution in [0.1, 0.15) is 37.0 Å². The van der Waals surface area contributed by atoms with Gasteiger partial charge in [-0.3, -0.25) is 4.79 Å². The fourth-order valence-electron chi connectivity index (χ4n) is 2.02. The molecule has 0 saturated heterocycles. The number of benzene rings is 1. The first-order chi connectivity index (χ1) is 10.5. The van der Waals surface area contributed by atoms with E-state index in [9.17, 15) is 9.90 Å². The zero-order valence-corrected chi connectivity index (χ0v) is 12.9. The van der Waals surface area contributed by atoms with Crippen LogP contribution in [0.2, 0.25) is 0 Å². The summed E-state index contributed by atoms with van der Waals surface area (Å²) < 4.78 is 1.50. The van der Waals surface area contributed by atoms with E-state index in [1.54, 1.807) is 18.2 Å². The number of tetrazole rings is 1. The molecule has 0 saturated carbocycles. The maximum Gasteiger partial charge on any atom is 0.251 e. The van der Waals surface area contributed by atoms with Gasteiger partial charge < -0.3 is 10.4 Å². The average Bonchev–Trinajstić information content (AvgIpc) is 3.06. The smallest absolute Gasteiger partial charge is 0.251 e.